The number of pyridine rings is 1. The number of piperazine rings is 1. The summed E-state index contributed by atoms with van der Waals surface area (Å²) in [7, 11) is -3.83. The highest BCUT2D eigenvalue weighted by atomic mass is 79.9. The molecule has 12 heteroatoms. The fourth-order valence-corrected chi connectivity index (χ4v) is 7.73. The van der Waals surface area contributed by atoms with E-state index in [2.05, 4.69) is 20.9 Å². The smallest absolute Gasteiger partial charge is 0.419 e. The van der Waals surface area contributed by atoms with E-state index in [-0.39, 0.29) is 36.3 Å². The minimum Gasteiger partial charge on any atom is -0.443 e. The van der Waals surface area contributed by atoms with Crippen molar-refractivity contribution < 1.29 is 22.7 Å². The maximum atomic E-state index is 13.3. The van der Waals surface area contributed by atoms with Crippen molar-refractivity contribution in [2.24, 2.45) is 0 Å². The van der Waals surface area contributed by atoms with E-state index < -0.39 is 21.7 Å². The average molecular weight is 606 g/mol. The molecule has 5 rings (SSSR count). The first kappa shape index (κ1) is 25.8. The van der Waals surface area contributed by atoms with Crippen LogP contribution in [0.25, 0.3) is 21.0 Å². The van der Waals surface area contributed by atoms with Crippen LogP contribution >= 0.6 is 27.3 Å². The van der Waals surface area contributed by atoms with Crippen LogP contribution in [0.15, 0.2) is 57.5 Å². The highest BCUT2D eigenvalue weighted by Gasteiger charge is 2.35. The fourth-order valence-electron chi connectivity index (χ4n) is 4.24. The summed E-state index contributed by atoms with van der Waals surface area (Å²) >= 11 is 4.60. The van der Waals surface area contributed by atoms with Gasteiger partial charge in [-0.1, -0.05) is 22.0 Å². The van der Waals surface area contributed by atoms with Gasteiger partial charge in [-0.3, -0.25) is 9.78 Å². The number of amides is 1. The van der Waals surface area contributed by atoms with Crippen LogP contribution in [0.2, 0.25) is 0 Å². The van der Waals surface area contributed by atoms with Crippen LogP contribution in [0.3, 0.4) is 0 Å². The van der Waals surface area contributed by atoms with Crippen molar-refractivity contribution in [1.29, 1.82) is 0 Å². The van der Waals surface area contributed by atoms with Crippen molar-refractivity contribution in [3.63, 3.8) is 0 Å². The second kappa shape index (κ2) is 9.50. The number of nitrogens with zero attached hydrogens (tertiary/aromatic N) is 4. The molecule has 1 aliphatic rings. The molecule has 1 amide bonds. The van der Waals surface area contributed by atoms with E-state index in [1.165, 1.54) is 20.2 Å². The van der Waals surface area contributed by atoms with Crippen molar-refractivity contribution in [2.45, 2.75) is 37.1 Å². The second-order valence-electron chi connectivity index (χ2n) is 9.79. The van der Waals surface area contributed by atoms with Gasteiger partial charge in [0, 0.05) is 45.7 Å². The van der Waals surface area contributed by atoms with Gasteiger partial charge in [-0.05, 0) is 56.5 Å². The molecule has 37 heavy (non-hydrogen) atoms. The lowest BCUT2D eigenvalue weighted by Gasteiger charge is -2.33. The summed E-state index contributed by atoms with van der Waals surface area (Å²) in [5.74, 6) is -0.335. The van der Waals surface area contributed by atoms with Gasteiger partial charge in [-0.25, -0.2) is 17.8 Å². The Labute approximate surface area is 226 Å². The Balaban J connectivity index is 1.37. The first-order valence-corrected chi connectivity index (χ1v) is 14.6. The Morgan fingerprint density at radius 1 is 1.14 bits per heavy atom. The molecule has 0 atom stereocenters. The summed E-state index contributed by atoms with van der Waals surface area (Å²) in [5, 5.41) is 1.58. The molecule has 0 aliphatic carbocycles. The third-order valence-corrected chi connectivity index (χ3v) is 9.83. The lowest BCUT2D eigenvalue weighted by molar-refractivity contribution is -0.134. The lowest BCUT2D eigenvalue weighted by atomic mass is 10.2. The zero-order valence-corrected chi connectivity index (χ0v) is 23.7. The van der Waals surface area contributed by atoms with Crippen LogP contribution in [0.1, 0.15) is 26.5 Å². The van der Waals surface area contributed by atoms with Crippen molar-refractivity contribution in [2.75, 3.05) is 19.6 Å². The number of carbonyl (C=O) groups excluding carboxylic acids is 2. The molecular formula is C25H25BrN4O5S2. The summed E-state index contributed by atoms with van der Waals surface area (Å²) in [6.07, 6.45) is 2.69. The van der Waals surface area contributed by atoms with Crippen LogP contribution in [-0.4, -0.2) is 64.4 Å². The number of halogens is 1. The van der Waals surface area contributed by atoms with Crippen LogP contribution in [0.4, 0.5) is 4.79 Å². The topological polar surface area (TPSA) is 102 Å². The van der Waals surface area contributed by atoms with Gasteiger partial charge < -0.3 is 9.64 Å². The van der Waals surface area contributed by atoms with Crippen molar-refractivity contribution in [1.82, 2.24) is 18.8 Å². The van der Waals surface area contributed by atoms with Gasteiger partial charge >= 0.3 is 6.09 Å². The summed E-state index contributed by atoms with van der Waals surface area (Å²) in [5.41, 5.74) is 0.498. The minimum absolute atomic E-state index is 0.136. The van der Waals surface area contributed by atoms with Crippen molar-refractivity contribution in [3.8, 4) is 0 Å². The molecule has 1 aromatic carbocycles. The third kappa shape index (κ3) is 5.15. The van der Waals surface area contributed by atoms with Crippen LogP contribution in [0.5, 0.6) is 0 Å². The number of benzene rings is 1. The number of fused-ring (bicyclic) bond motifs is 2. The second-order valence-corrected chi connectivity index (χ2v) is 14.0. The molecule has 3 aromatic heterocycles. The number of rotatable bonds is 4. The lowest BCUT2D eigenvalue weighted by Crippen LogP contribution is -2.51. The normalized spacial score (nSPS) is 15.6. The van der Waals surface area contributed by atoms with Crippen LogP contribution < -0.4 is 0 Å². The summed E-state index contributed by atoms with van der Waals surface area (Å²) in [6, 6.07) is 10.8. The molecule has 0 N–H and O–H groups in total. The molecule has 4 heterocycles. The molecule has 4 aromatic rings. The molecule has 0 unspecified atom stereocenters. The Bertz CT molecular complexity index is 1640. The molecule has 1 saturated heterocycles. The zero-order chi connectivity index (χ0) is 26.5. The largest absolute Gasteiger partial charge is 0.443 e. The van der Waals surface area contributed by atoms with E-state index in [1.54, 1.807) is 56.3 Å². The number of ether oxygens (including phenoxy) is 1. The molecule has 0 bridgehead atoms. The van der Waals surface area contributed by atoms with Gasteiger partial charge in [0.25, 0.3) is 10.0 Å². The molecule has 0 radical (unpaired) electrons. The zero-order valence-electron chi connectivity index (χ0n) is 20.5. The summed E-state index contributed by atoms with van der Waals surface area (Å²) in [4.78, 5) is 31.8. The highest BCUT2D eigenvalue weighted by molar-refractivity contribution is 9.10. The standard InChI is InChI=1S/C25H25BrN4O5S2/c1-25(2,3)35-24(32)30-19(10-17-13-27-7-6-20(17)30)14-28-8-9-29(15-22(28)31)37(33,34)23-11-16-4-5-18(26)12-21(16)36-23/h4-7,10-13H,8-9,14-15H2,1-3H3. The third-order valence-electron chi connectivity index (χ3n) is 5.94. The Morgan fingerprint density at radius 2 is 1.92 bits per heavy atom. The Morgan fingerprint density at radius 3 is 2.65 bits per heavy atom. The van der Waals surface area contributed by atoms with Crippen LogP contribution in [0, 0.1) is 0 Å². The number of hydrogen-bond donors (Lipinski definition) is 0. The molecule has 1 aliphatic heterocycles. The van der Waals surface area contributed by atoms with Crippen molar-refractivity contribution >= 4 is 70.3 Å². The van der Waals surface area contributed by atoms with Gasteiger partial charge in [0.15, 0.2) is 0 Å². The van der Waals surface area contributed by atoms with E-state index in [1.807, 2.05) is 18.2 Å². The fraction of sp³-hybridized carbons (Fsp3) is 0.320. The Kier molecular flexibility index (Phi) is 6.63. The maximum absolute atomic E-state index is 13.3. The maximum Gasteiger partial charge on any atom is 0.419 e. The first-order chi connectivity index (χ1) is 17.4. The van der Waals surface area contributed by atoms with Gasteiger partial charge in [0.1, 0.15) is 9.81 Å². The monoisotopic (exact) mass is 604 g/mol. The van der Waals surface area contributed by atoms with Crippen molar-refractivity contribution in [3.05, 3.63) is 59.0 Å². The average Bonchev–Trinajstić information content (AvgIpc) is 3.40. The van der Waals surface area contributed by atoms with Crippen LogP contribution in [-0.2, 0) is 26.1 Å². The van der Waals surface area contributed by atoms with E-state index in [0.29, 0.717) is 11.2 Å². The summed E-state index contributed by atoms with van der Waals surface area (Å²) < 4.78 is 36.9. The molecule has 194 valence electrons. The molecule has 1 fully saturated rings. The quantitative estimate of drug-likeness (QED) is 0.331. The SMILES string of the molecule is CC(C)(C)OC(=O)n1c(CN2CCN(S(=O)(=O)c3cc4ccc(Br)cc4s3)CC2=O)cc2cnccc21. The number of aromatic nitrogens is 2. The predicted molar refractivity (Wildman–Crippen MR) is 145 cm³/mol. The number of hydrogen-bond acceptors (Lipinski definition) is 7. The molecule has 0 spiro atoms. The first-order valence-electron chi connectivity index (χ1n) is 11.6. The van der Waals surface area contributed by atoms with Gasteiger partial charge in [-0.15, -0.1) is 11.3 Å². The van der Waals surface area contributed by atoms with Gasteiger partial charge in [0.05, 0.1) is 18.6 Å². The number of carbonyl (C=O) groups is 2. The number of sulfonamides is 1. The number of thiophene rings is 1. The van der Waals surface area contributed by atoms with E-state index >= 15 is 0 Å². The molecule has 9 nitrogen and oxygen atoms in total. The molecular weight excluding hydrogens is 580 g/mol. The van der Waals surface area contributed by atoms with Gasteiger partial charge in [-0.2, -0.15) is 4.31 Å². The van der Waals surface area contributed by atoms with Gasteiger partial charge in [0.2, 0.25) is 5.91 Å². The summed E-state index contributed by atoms with van der Waals surface area (Å²) in [6.45, 7) is 5.58. The Hall–Kier alpha value is -2.80. The predicted octanol–water partition coefficient (Wildman–Crippen LogP) is 4.83. The van der Waals surface area contributed by atoms with E-state index in [4.69, 9.17) is 4.74 Å². The van der Waals surface area contributed by atoms with E-state index in [9.17, 15) is 18.0 Å². The molecule has 0 saturated carbocycles. The minimum atomic E-state index is -3.83. The highest BCUT2D eigenvalue weighted by Crippen LogP contribution is 2.33. The van der Waals surface area contributed by atoms with E-state index in [0.717, 1.165) is 19.9 Å².